The van der Waals surface area contributed by atoms with E-state index in [9.17, 15) is 0 Å². The molecule has 1 aromatic rings. The topological polar surface area (TPSA) is 40.2 Å². The summed E-state index contributed by atoms with van der Waals surface area (Å²) in [4.78, 5) is 2.44. The van der Waals surface area contributed by atoms with Gasteiger partial charge in [-0.05, 0) is 37.0 Å². The van der Waals surface area contributed by atoms with E-state index in [-0.39, 0.29) is 0 Å². The summed E-state index contributed by atoms with van der Waals surface area (Å²) >= 11 is 0. The van der Waals surface area contributed by atoms with E-state index in [1.54, 1.807) is 14.2 Å². The molecular weight excluding hydrogens is 306 g/mol. The third-order valence-corrected chi connectivity index (χ3v) is 5.09. The lowest BCUT2D eigenvalue weighted by atomic mass is 9.91. The molecule has 1 saturated heterocycles. The van der Waals surface area contributed by atoms with Gasteiger partial charge in [0.25, 0.3) is 0 Å². The Morgan fingerprint density at radius 3 is 2.71 bits per heavy atom. The van der Waals surface area contributed by atoms with Crippen LogP contribution in [-0.2, 0) is 15.9 Å². The summed E-state index contributed by atoms with van der Waals surface area (Å²) in [5, 5.41) is 0. The largest absolute Gasteiger partial charge is 0.493 e. The van der Waals surface area contributed by atoms with Crippen LogP contribution in [0.2, 0.25) is 0 Å². The van der Waals surface area contributed by atoms with Crippen molar-refractivity contribution in [3.63, 3.8) is 0 Å². The van der Waals surface area contributed by atoms with Gasteiger partial charge < -0.3 is 18.9 Å². The van der Waals surface area contributed by atoms with Crippen LogP contribution in [0.15, 0.2) is 18.2 Å². The van der Waals surface area contributed by atoms with Crippen LogP contribution in [0.5, 0.6) is 11.5 Å². The molecule has 1 aliphatic heterocycles. The predicted octanol–water partition coefficient (Wildman–Crippen LogP) is 2.86. The van der Waals surface area contributed by atoms with E-state index in [0.717, 1.165) is 50.8 Å². The molecule has 2 fully saturated rings. The monoisotopic (exact) mass is 335 g/mol. The highest BCUT2D eigenvalue weighted by Crippen LogP contribution is 2.29. The van der Waals surface area contributed by atoms with Crippen molar-refractivity contribution in [1.29, 1.82) is 0 Å². The van der Waals surface area contributed by atoms with Crippen LogP contribution in [-0.4, -0.2) is 57.8 Å². The fourth-order valence-electron chi connectivity index (χ4n) is 3.74. The van der Waals surface area contributed by atoms with Crippen molar-refractivity contribution < 1.29 is 18.9 Å². The zero-order chi connectivity index (χ0) is 16.8. The molecule has 2 atom stereocenters. The number of hydrogen-bond acceptors (Lipinski definition) is 5. The molecule has 1 aromatic carbocycles. The van der Waals surface area contributed by atoms with Gasteiger partial charge >= 0.3 is 0 Å². The third-order valence-electron chi connectivity index (χ3n) is 5.09. The van der Waals surface area contributed by atoms with Crippen molar-refractivity contribution in [2.75, 3.05) is 40.7 Å². The first-order valence-electron chi connectivity index (χ1n) is 8.96. The molecule has 5 nitrogen and oxygen atoms in total. The molecule has 0 amide bonds. The number of hydrogen-bond donors (Lipinski definition) is 0. The van der Waals surface area contributed by atoms with Gasteiger partial charge in [0.1, 0.15) is 0 Å². The number of nitrogens with zero attached hydrogens (tertiary/aromatic N) is 1. The van der Waals surface area contributed by atoms with E-state index < -0.39 is 0 Å². The van der Waals surface area contributed by atoms with Gasteiger partial charge in [-0.15, -0.1) is 0 Å². The molecule has 1 aliphatic carbocycles. The van der Waals surface area contributed by atoms with Crippen LogP contribution >= 0.6 is 0 Å². The SMILES string of the molecule is COc1ccc(CCOC2CCCCC2N2CCOC2)cc1OC. The quantitative estimate of drug-likeness (QED) is 0.766. The van der Waals surface area contributed by atoms with E-state index >= 15 is 0 Å². The molecule has 0 N–H and O–H groups in total. The second kappa shape index (κ2) is 8.70. The van der Waals surface area contributed by atoms with E-state index in [1.165, 1.54) is 24.8 Å². The minimum Gasteiger partial charge on any atom is -0.493 e. The van der Waals surface area contributed by atoms with Crippen LogP contribution in [0.4, 0.5) is 0 Å². The molecule has 2 aliphatic rings. The molecule has 0 radical (unpaired) electrons. The number of methoxy groups -OCH3 is 2. The molecule has 5 heteroatoms. The lowest BCUT2D eigenvalue weighted by Crippen LogP contribution is -2.45. The lowest BCUT2D eigenvalue weighted by Gasteiger charge is -2.36. The Balaban J connectivity index is 1.52. The molecule has 0 bridgehead atoms. The Labute approximate surface area is 144 Å². The normalized spacial score (nSPS) is 24.9. The average molecular weight is 335 g/mol. The van der Waals surface area contributed by atoms with Crippen LogP contribution in [0, 0.1) is 0 Å². The highest BCUT2D eigenvalue weighted by atomic mass is 16.5. The minimum atomic E-state index is 0.334. The van der Waals surface area contributed by atoms with Crippen LogP contribution in [0.25, 0.3) is 0 Å². The Morgan fingerprint density at radius 1 is 1.12 bits per heavy atom. The summed E-state index contributed by atoms with van der Waals surface area (Å²) in [5.74, 6) is 1.54. The summed E-state index contributed by atoms with van der Waals surface area (Å²) in [6.07, 6.45) is 6.18. The fourth-order valence-corrected chi connectivity index (χ4v) is 3.74. The van der Waals surface area contributed by atoms with Crippen molar-refractivity contribution in [2.45, 2.75) is 44.2 Å². The Bertz CT molecular complexity index is 516. The number of ether oxygens (including phenoxy) is 4. The van der Waals surface area contributed by atoms with Crippen molar-refractivity contribution in [1.82, 2.24) is 4.90 Å². The van der Waals surface area contributed by atoms with Crippen molar-refractivity contribution in [2.24, 2.45) is 0 Å². The zero-order valence-electron chi connectivity index (χ0n) is 14.8. The lowest BCUT2D eigenvalue weighted by molar-refractivity contribution is -0.0394. The molecule has 1 heterocycles. The van der Waals surface area contributed by atoms with E-state index in [4.69, 9.17) is 18.9 Å². The van der Waals surface area contributed by atoms with Gasteiger partial charge in [0, 0.05) is 12.6 Å². The molecule has 0 spiro atoms. The number of benzene rings is 1. The average Bonchev–Trinajstić information content (AvgIpc) is 3.16. The van der Waals surface area contributed by atoms with Gasteiger partial charge in [-0.25, -0.2) is 0 Å². The highest BCUT2D eigenvalue weighted by Gasteiger charge is 2.32. The minimum absolute atomic E-state index is 0.334. The van der Waals surface area contributed by atoms with Crippen LogP contribution < -0.4 is 9.47 Å². The first kappa shape index (κ1) is 17.5. The van der Waals surface area contributed by atoms with Gasteiger partial charge in [-0.1, -0.05) is 18.9 Å². The first-order chi connectivity index (χ1) is 11.8. The smallest absolute Gasteiger partial charge is 0.160 e. The summed E-state index contributed by atoms with van der Waals surface area (Å²) < 4.78 is 22.5. The molecular formula is C19H29NO4. The van der Waals surface area contributed by atoms with Gasteiger partial charge in [-0.3, -0.25) is 4.90 Å². The van der Waals surface area contributed by atoms with Gasteiger partial charge in [0.15, 0.2) is 11.5 Å². The maximum atomic E-state index is 6.27. The highest BCUT2D eigenvalue weighted by molar-refractivity contribution is 5.42. The van der Waals surface area contributed by atoms with Gasteiger partial charge in [0.2, 0.25) is 0 Å². The summed E-state index contributed by atoms with van der Waals surface area (Å²) in [5.41, 5.74) is 1.21. The first-order valence-corrected chi connectivity index (χ1v) is 8.96. The Kier molecular flexibility index (Phi) is 6.35. The second-order valence-electron chi connectivity index (χ2n) is 6.55. The van der Waals surface area contributed by atoms with E-state index in [0.29, 0.717) is 12.1 Å². The molecule has 3 rings (SSSR count). The third kappa shape index (κ3) is 4.21. The van der Waals surface area contributed by atoms with Crippen molar-refractivity contribution in [3.05, 3.63) is 23.8 Å². The predicted molar refractivity (Wildman–Crippen MR) is 92.8 cm³/mol. The zero-order valence-corrected chi connectivity index (χ0v) is 14.8. The maximum Gasteiger partial charge on any atom is 0.160 e. The summed E-state index contributed by atoms with van der Waals surface area (Å²) in [6.45, 7) is 3.40. The second-order valence-corrected chi connectivity index (χ2v) is 6.55. The molecule has 2 unspecified atom stereocenters. The molecule has 1 saturated carbocycles. The molecule has 134 valence electrons. The van der Waals surface area contributed by atoms with Crippen LogP contribution in [0.3, 0.4) is 0 Å². The Morgan fingerprint density at radius 2 is 1.96 bits per heavy atom. The van der Waals surface area contributed by atoms with Crippen LogP contribution in [0.1, 0.15) is 31.2 Å². The van der Waals surface area contributed by atoms with Gasteiger partial charge in [0.05, 0.1) is 40.3 Å². The summed E-state index contributed by atoms with van der Waals surface area (Å²) in [6, 6.07) is 6.59. The Hall–Kier alpha value is -1.30. The van der Waals surface area contributed by atoms with E-state index in [2.05, 4.69) is 11.0 Å². The standard InChI is InChI=1S/C19H29NO4/c1-21-18-8-7-15(13-19(18)22-2)9-11-24-17-6-4-3-5-16(17)20-10-12-23-14-20/h7-8,13,16-17H,3-6,9-12,14H2,1-2H3. The molecule has 24 heavy (non-hydrogen) atoms. The maximum absolute atomic E-state index is 6.27. The van der Waals surface area contributed by atoms with Gasteiger partial charge in [-0.2, -0.15) is 0 Å². The molecule has 0 aromatic heterocycles. The van der Waals surface area contributed by atoms with Crippen molar-refractivity contribution >= 4 is 0 Å². The van der Waals surface area contributed by atoms with E-state index in [1.807, 2.05) is 12.1 Å². The summed E-state index contributed by atoms with van der Waals surface area (Å²) in [7, 11) is 3.33. The van der Waals surface area contributed by atoms with Crippen molar-refractivity contribution in [3.8, 4) is 11.5 Å². The fraction of sp³-hybridized carbons (Fsp3) is 0.684. The number of rotatable bonds is 7.